The summed E-state index contributed by atoms with van der Waals surface area (Å²) < 4.78 is 25.1. The predicted octanol–water partition coefficient (Wildman–Crippen LogP) is 3.84. The molecule has 2 saturated carbocycles. The summed E-state index contributed by atoms with van der Waals surface area (Å²) in [5.41, 5.74) is 3.27. The Balaban J connectivity index is 1.62. The maximum atomic E-state index is 12.5. The van der Waals surface area contributed by atoms with Crippen molar-refractivity contribution in [3.05, 3.63) is 65.7 Å². The van der Waals surface area contributed by atoms with Crippen LogP contribution < -0.4 is 4.83 Å². The number of fused-ring (bicyclic) bond motifs is 2. The van der Waals surface area contributed by atoms with Crippen LogP contribution >= 0.6 is 0 Å². The molecule has 0 spiro atoms. The molecule has 5 heteroatoms. The summed E-state index contributed by atoms with van der Waals surface area (Å²) in [7, 11) is -3.62. The fourth-order valence-electron chi connectivity index (χ4n) is 4.23. The number of nitrogens with one attached hydrogen (secondary N) is 1. The SMILES string of the molecule is Cc1ccc(S(=O)(=O)N/N=C2/C3CCC(C3)C2c2ccccc2)cc1. The van der Waals surface area contributed by atoms with E-state index in [1.54, 1.807) is 24.3 Å². The lowest BCUT2D eigenvalue weighted by Gasteiger charge is -2.24. The highest BCUT2D eigenvalue weighted by Crippen LogP contribution is 2.51. The molecule has 1 N–H and O–H groups in total. The molecule has 0 amide bonds. The van der Waals surface area contributed by atoms with Crippen LogP contribution in [0.1, 0.15) is 36.3 Å². The van der Waals surface area contributed by atoms with Crippen molar-refractivity contribution in [3.63, 3.8) is 0 Å². The highest BCUT2D eigenvalue weighted by molar-refractivity contribution is 7.89. The first kappa shape index (κ1) is 16.3. The van der Waals surface area contributed by atoms with Gasteiger partial charge in [-0.1, -0.05) is 48.0 Å². The van der Waals surface area contributed by atoms with Gasteiger partial charge in [-0.3, -0.25) is 0 Å². The van der Waals surface area contributed by atoms with Crippen LogP contribution in [0, 0.1) is 18.8 Å². The maximum Gasteiger partial charge on any atom is 0.276 e. The second-order valence-corrected chi connectivity index (χ2v) is 8.76. The Morgan fingerprint density at radius 2 is 1.72 bits per heavy atom. The van der Waals surface area contributed by atoms with Crippen molar-refractivity contribution in [2.24, 2.45) is 16.9 Å². The van der Waals surface area contributed by atoms with Crippen LogP contribution in [-0.2, 0) is 10.0 Å². The average Bonchev–Trinajstić information content (AvgIpc) is 3.22. The molecule has 3 unspecified atom stereocenters. The molecule has 2 aromatic rings. The van der Waals surface area contributed by atoms with E-state index in [1.165, 1.54) is 12.0 Å². The molecule has 25 heavy (non-hydrogen) atoms. The molecule has 0 aliphatic heterocycles. The second-order valence-electron chi connectivity index (χ2n) is 7.10. The Bertz CT molecular complexity index is 889. The monoisotopic (exact) mass is 354 g/mol. The smallest absolute Gasteiger partial charge is 0.200 e. The first-order valence-electron chi connectivity index (χ1n) is 8.75. The van der Waals surface area contributed by atoms with Gasteiger partial charge in [0, 0.05) is 11.6 Å². The number of nitrogens with zero attached hydrogens (tertiary/aromatic N) is 1. The van der Waals surface area contributed by atoms with E-state index < -0.39 is 10.0 Å². The molecule has 2 aromatic carbocycles. The van der Waals surface area contributed by atoms with Crippen LogP contribution in [0.25, 0.3) is 0 Å². The third-order valence-corrected chi connectivity index (χ3v) is 6.69. The number of hydrazone groups is 1. The molecule has 130 valence electrons. The molecular formula is C20H22N2O2S. The Morgan fingerprint density at radius 3 is 2.44 bits per heavy atom. The summed E-state index contributed by atoms with van der Waals surface area (Å²) in [4.78, 5) is 2.73. The zero-order valence-corrected chi connectivity index (χ0v) is 15.0. The van der Waals surface area contributed by atoms with Gasteiger partial charge in [0.1, 0.15) is 0 Å². The fraction of sp³-hybridized carbons (Fsp3) is 0.350. The number of benzene rings is 2. The summed E-state index contributed by atoms with van der Waals surface area (Å²) in [5.74, 6) is 1.21. The van der Waals surface area contributed by atoms with Gasteiger partial charge >= 0.3 is 0 Å². The first-order valence-corrected chi connectivity index (χ1v) is 10.2. The number of hydrogen-bond donors (Lipinski definition) is 1. The lowest BCUT2D eigenvalue weighted by Crippen LogP contribution is -2.26. The number of hydrogen-bond acceptors (Lipinski definition) is 3. The van der Waals surface area contributed by atoms with Crippen LogP contribution in [0.5, 0.6) is 0 Å². The lowest BCUT2D eigenvalue weighted by molar-refractivity contribution is 0.530. The number of sulfonamides is 1. The van der Waals surface area contributed by atoms with E-state index in [4.69, 9.17) is 0 Å². The first-order chi connectivity index (χ1) is 12.0. The molecule has 2 fully saturated rings. The van der Waals surface area contributed by atoms with Crippen molar-refractivity contribution < 1.29 is 8.42 Å². The normalized spacial score (nSPS) is 26.9. The summed E-state index contributed by atoms with van der Waals surface area (Å²) >= 11 is 0. The molecule has 0 aromatic heterocycles. The summed E-state index contributed by atoms with van der Waals surface area (Å²) in [6.45, 7) is 1.93. The maximum absolute atomic E-state index is 12.5. The van der Waals surface area contributed by atoms with Gasteiger partial charge in [0.05, 0.1) is 4.90 Å². The van der Waals surface area contributed by atoms with Crippen LogP contribution in [0.15, 0.2) is 64.6 Å². The molecule has 0 heterocycles. The minimum absolute atomic E-state index is 0.237. The third-order valence-electron chi connectivity index (χ3n) is 5.47. The van der Waals surface area contributed by atoms with Gasteiger partial charge in [0.25, 0.3) is 10.0 Å². The van der Waals surface area contributed by atoms with E-state index >= 15 is 0 Å². The number of aryl methyl sites for hydroxylation is 1. The van der Waals surface area contributed by atoms with E-state index in [9.17, 15) is 8.42 Å². The molecule has 0 saturated heterocycles. The second kappa shape index (κ2) is 6.30. The van der Waals surface area contributed by atoms with Crippen LogP contribution in [0.2, 0.25) is 0 Å². The topological polar surface area (TPSA) is 58.5 Å². The van der Waals surface area contributed by atoms with E-state index in [2.05, 4.69) is 22.1 Å². The zero-order chi connectivity index (χ0) is 17.4. The summed E-state index contributed by atoms with van der Waals surface area (Å²) in [5, 5.41) is 4.41. The van der Waals surface area contributed by atoms with Crippen LogP contribution in [0.3, 0.4) is 0 Å². The zero-order valence-electron chi connectivity index (χ0n) is 14.2. The minimum Gasteiger partial charge on any atom is -0.200 e. The van der Waals surface area contributed by atoms with Crippen molar-refractivity contribution >= 4 is 15.7 Å². The summed E-state index contributed by atoms with van der Waals surface area (Å²) in [6, 6.07) is 17.2. The van der Waals surface area contributed by atoms with E-state index in [0.717, 1.165) is 24.1 Å². The van der Waals surface area contributed by atoms with Gasteiger partial charge in [-0.25, -0.2) is 4.83 Å². The quantitative estimate of drug-likeness (QED) is 0.848. The highest BCUT2D eigenvalue weighted by atomic mass is 32.2. The van der Waals surface area contributed by atoms with Gasteiger partial charge < -0.3 is 0 Å². The Hall–Kier alpha value is -2.14. The molecule has 2 bridgehead atoms. The minimum atomic E-state index is -3.62. The Morgan fingerprint density at radius 1 is 1.00 bits per heavy atom. The highest BCUT2D eigenvalue weighted by Gasteiger charge is 2.45. The van der Waals surface area contributed by atoms with E-state index in [-0.39, 0.29) is 10.8 Å². The van der Waals surface area contributed by atoms with E-state index in [0.29, 0.717) is 11.8 Å². The van der Waals surface area contributed by atoms with Gasteiger partial charge in [-0.05, 0) is 55.7 Å². The number of rotatable bonds is 4. The van der Waals surface area contributed by atoms with Gasteiger partial charge in [-0.15, -0.1) is 0 Å². The van der Waals surface area contributed by atoms with Crippen LogP contribution in [0.4, 0.5) is 0 Å². The third kappa shape index (κ3) is 3.09. The predicted molar refractivity (Wildman–Crippen MR) is 98.9 cm³/mol. The molecule has 3 atom stereocenters. The van der Waals surface area contributed by atoms with Crippen LogP contribution in [-0.4, -0.2) is 14.1 Å². The Kier molecular flexibility index (Phi) is 4.12. The Labute approximate surface area is 149 Å². The average molecular weight is 354 g/mol. The fourth-order valence-corrected chi connectivity index (χ4v) is 5.06. The lowest BCUT2D eigenvalue weighted by atomic mass is 9.82. The molecule has 2 aliphatic rings. The molecule has 4 rings (SSSR count). The van der Waals surface area contributed by atoms with Gasteiger partial charge in [0.2, 0.25) is 0 Å². The van der Waals surface area contributed by atoms with Crippen molar-refractivity contribution in [3.8, 4) is 0 Å². The van der Waals surface area contributed by atoms with Gasteiger partial charge in [0.15, 0.2) is 0 Å². The molecular weight excluding hydrogens is 332 g/mol. The van der Waals surface area contributed by atoms with Gasteiger partial charge in [-0.2, -0.15) is 13.5 Å². The summed E-state index contributed by atoms with van der Waals surface area (Å²) in [6.07, 6.45) is 3.43. The molecule has 2 aliphatic carbocycles. The van der Waals surface area contributed by atoms with Crippen molar-refractivity contribution in [1.82, 2.24) is 4.83 Å². The van der Waals surface area contributed by atoms with Crippen molar-refractivity contribution in [2.45, 2.75) is 37.0 Å². The van der Waals surface area contributed by atoms with E-state index in [1.807, 2.05) is 25.1 Å². The van der Waals surface area contributed by atoms with Crippen molar-refractivity contribution in [2.75, 3.05) is 0 Å². The van der Waals surface area contributed by atoms with Crippen molar-refractivity contribution in [1.29, 1.82) is 0 Å². The molecule has 4 nitrogen and oxygen atoms in total. The standard InChI is InChI=1S/C20H22N2O2S/c1-14-7-11-18(12-8-14)25(23,24)22-21-20-17-10-9-16(13-17)19(20)15-5-3-2-4-6-15/h2-8,11-12,16-17,19,22H,9-10,13H2,1H3/b21-20-. The largest absolute Gasteiger partial charge is 0.276 e. The molecule has 0 radical (unpaired) electrons.